The van der Waals surface area contributed by atoms with Gasteiger partial charge in [0, 0.05) is 17.8 Å². The van der Waals surface area contributed by atoms with Crippen LogP contribution < -0.4 is 9.62 Å². The molecule has 1 aliphatic carbocycles. The van der Waals surface area contributed by atoms with Crippen LogP contribution in [0.2, 0.25) is 0 Å². The summed E-state index contributed by atoms with van der Waals surface area (Å²) in [6, 6.07) is 10.5. The Morgan fingerprint density at radius 2 is 1.96 bits per heavy atom. The molecule has 24 heavy (non-hydrogen) atoms. The van der Waals surface area contributed by atoms with E-state index in [4.69, 9.17) is 4.42 Å². The Balaban J connectivity index is 1.62. The Bertz CT molecular complexity index is 899. The Hall–Kier alpha value is -2.12. The van der Waals surface area contributed by atoms with Gasteiger partial charge in [-0.2, -0.15) is 0 Å². The van der Waals surface area contributed by atoms with Crippen molar-refractivity contribution in [2.45, 2.75) is 43.4 Å². The summed E-state index contributed by atoms with van der Waals surface area (Å²) in [7, 11) is -3.69. The minimum atomic E-state index is -3.69. The average Bonchev–Trinajstić information content (AvgIpc) is 3.09. The second-order valence-corrected chi connectivity index (χ2v) is 8.02. The number of anilines is 1. The van der Waals surface area contributed by atoms with Gasteiger partial charge in [-0.15, -0.1) is 0 Å². The Morgan fingerprint density at radius 3 is 2.71 bits per heavy atom. The number of amides is 1. The van der Waals surface area contributed by atoms with E-state index in [0.29, 0.717) is 0 Å². The van der Waals surface area contributed by atoms with Gasteiger partial charge in [0.2, 0.25) is 5.09 Å². The van der Waals surface area contributed by atoms with Gasteiger partial charge in [0.25, 0.3) is 15.9 Å². The summed E-state index contributed by atoms with van der Waals surface area (Å²) in [5.74, 6) is -0.282. The number of furan rings is 1. The summed E-state index contributed by atoms with van der Waals surface area (Å²) in [5, 5.41) is -0.210. The standard InChI is InChI=1S/C17H18N2O4S/c1-11-10-12-4-2-3-5-14(12)19(11)17(20)15-8-9-16(23-15)24(21,22)18-13-6-7-13/h2-5,8-9,11,13,18H,6-7,10H2,1H3. The van der Waals surface area contributed by atoms with Gasteiger partial charge in [0.15, 0.2) is 5.76 Å². The largest absolute Gasteiger partial charge is 0.438 e. The molecule has 7 heteroatoms. The molecule has 0 radical (unpaired) electrons. The number of sulfonamides is 1. The van der Waals surface area contributed by atoms with Gasteiger partial charge >= 0.3 is 0 Å². The first-order valence-electron chi connectivity index (χ1n) is 7.99. The maximum atomic E-state index is 12.8. The maximum absolute atomic E-state index is 12.8. The van der Waals surface area contributed by atoms with Crippen LogP contribution in [-0.2, 0) is 16.4 Å². The molecule has 1 unspecified atom stereocenters. The first-order valence-corrected chi connectivity index (χ1v) is 9.47. The van der Waals surface area contributed by atoms with Crippen LogP contribution in [0.15, 0.2) is 45.9 Å². The van der Waals surface area contributed by atoms with Crippen LogP contribution in [0.25, 0.3) is 0 Å². The molecule has 1 aromatic carbocycles. The minimum Gasteiger partial charge on any atom is -0.438 e. The van der Waals surface area contributed by atoms with Crippen LogP contribution in [0.4, 0.5) is 5.69 Å². The zero-order valence-electron chi connectivity index (χ0n) is 13.2. The third-order valence-corrected chi connectivity index (χ3v) is 5.77. The molecule has 1 aromatic heterocycles. The van der Waals surface area contributed by atoms with Crippen LogP contribution in [-0.4, -0.2) is 26.4 Å². The molecule has 2 aliphatic rings. The number of para-hydroxylation sites is 1. The molecule has 6 nitrogen and oxygen atoms in total. The number of fused-ring (bicyclic) bond motifs is 1. The van der Waals surface area contributed by atoms with Gasteiger partial charge in [-0.3, -0.25) is 4.79 Å². The number of rotatable bonds is 4. The van der Waals surface area contributed by atoms with Crippen molar-refractivity contribution >= 4 is 21.6 Å². The van der Waals surface area contributed by atoms with Crippen molar-refractivity contribution in [1.82, 2.24) is 4.72 Å². The van der Waals surface area contributed by atoms with Crippen molar-refractivity contribution in [3.8, 4) is 0 Å². The summed E-state index contributed by atoms with van der Waals surface area (Å²) in [6.07, 6.45) is 2.46. The van der Waals surface area contributed by atoms with E-state index in [1.807, 2.05) is 31.2 Å². The smallest absolute Gasteiger partial charge is 0.294 e. The second-order valence-electron chi connectivity index (χ2n) is 6.37. The number of hydrogen-bond donors (Lipinski definition) is 1. The molecule has 1 N–H and O–H groups in total. The van der Waals surface area contributed by atoms with Gasteiger partial charge in [-0.05, 0) is 49.9 Å². The van der Waals surface area contributed by atoms with Crippen molar-refractivity contribution in [2.24, 2.45) is 0 Å². The van der Waals surface area contributed by atoms with E-state index >= 15 is 0 Å². The summed E-state index contributed by atoms with van der Waals surface area (Å²) in [4.78, 5) is 14.5. The molecular formula is C17H18N2O4S. The Kier molecular flexibility index (Phi) is 3.51. The first kappa shape index (κ1) is 15.4. The second kappa shape index (κ2) is 5.46. The van der Waals surface area contributed by atoms with E-state index < -0.39 is 10.0 Å². The van der Waals surface area contributed by atoms with E-state index in [1.54, 1.807) is 4.90 Å². The zero-order valence-corrected chi connectivity index (χ0v) is 14.0. The lowest BCUT2D eigenvalue weighted by Crippen LogP contribution is -2.35. The monoisotopic (exact) mass is 346 g/mol. The number of carbonyl (C=O) groups is 1. The van der Waals surface area contributed by atoms with Gasteiger partial charge in [-0.25, -0.2) is 13.1 Å². The Labute approximate surface area is 140 Å². The zero-order chi connectivity index (χ0) is 16.9. The van der Waals surface area contributed by atoms with Crippen LogP contribution >= 0.6 is 0 Å². The maximum Gasteiger partial charge on any atom is 0.294 e. The quantitative estimate of drug-likeness (QED) is 0.921. The molecular weight excluding hydrogens is 328 g/mol. The number of benzene rings is 1. The third kappa shape index (κ3) is 2.63. The first-order chi connectivity index (χ1) is 11.5. The molecule has 2 heterocycles. The fraction of sp³-hybridized carbons (Fsp3) is 0.353. The van der Waals surface area contributed by atoms with Crippen molar-refractivity contribution in [3.63, 3.8) is 0 Å². The highest BCUT2D eigenvalue weighted by Gasteiger charge is 2.34. The van der Waals surface area contributed by atoms with Crippen molar-refractivity contribution in [1.29, 1.82) is 0 Å². The van der Waals surface area contributed by atoms with E-state index in [1.165, 1.54) is 12.1 Å². The molecule has 1 aliphatic heterocycles. The van der Waals surface area contributed by atoms with Gasteiger partial charge in [0.05, 0.1) is 0 Å². The van der Waals surface area contributed by atoms with E-state index in [-0.39, 0.29) is 28.8 Å². The number of nitrogens with zero attached hydrogens (tertiary/aromatic N) is 1. The normalized spacial score (nSPS) is 20.2. The predicted molar refractivity (Wildman–Crippen MR) is 88.5 cm³/mol. The number of nitrogens with one attached hydrogen (secondary N) is 1. The lowest BCUT2D eigenvalue weighted by molar-refractivity contribution is 0.0949. The summed E-state index contributed by atoms with van der Waals surface area (Å²) < 4.78 is 32.3. The molecule has 0 bridgehead atoms. The van der Waals surface area contributed by atoms with E-state index in [2.05, 4.69) is 4.72 Å². The molecule has 1 amide bonds. The average molecular weight is 346 g/mol. The van der Waals surface area contributed by atoms with Gasteiger partial charge in [0.1, 0.15) is 0 Å². The summed E-state index contributed by atoms with van der Waals surface area (Å²) in [5.41, 5.74) is 1.96. The molecule has 1 fully saturated rings. The molecule has 1 atom stereocenters. The molecule has 0 spiro atoms. The third-order valence-electron chi connectivity index (χ3n) is 4.38. The van der Waals surface area contributed by atoms with Crippen LogP contribution in [0, 0.1) is 0 Å². The highest BCUT2D eigenvalue weighted by Crippen LogP contribution is 2.33. The highest BCUT2D eigenvalue weighted by molar-refractivity contribution is 7.89. The topological polar surface area (TPSA) is 79.6 Å². The minimum absolute atomic E-state index is 0.00430. The predicted octanol–water partition coefficient (Wildman–Crippen LogP) is 2.31. The summed E-state index contributed by atoms with van der Waals surface area (Å²) >= 11 is 0. The Morgan fingerprint density at radius 1 is 1.21 bits per heavy atom. The number of carbonyl (C=O) groups excluding carboxylic acids is 1. The fourth-order valence-corrected chi connectivity index (χ4v) is 4.29. The SMILES string of the molecule is CC1Cc2ccccc2N1C(=O)c1ccc(S(=O)(=O)NC2CC2)o1. The fourth-order valence-electron chi connectivity index (χ4n) is 3.05. The van der Waals surface area contributed by atoms with Gasteiger partial charge < -0.3 is 9.32 Å². The van der Waals surface area contributed by atoms with Crippen LogP contribution in [0.3, 0.4) is 0 Å². The molecule has 1 saturated carbocycles. The lowest BCUT2D eigenvalue weighted by atomic mass is 10.1. The highest BCUT2D eigenvalue weighted by atomic mass is 32.2. The lowest BCUT2D eigenvalue weighted by Gasteiger charge is -2.21. The van der Waals surface area contributed by atoms with E-state index in [9.17, 15) is 13.2 Å². The van der Waals surface area contributed by atoms with Crippen molar-refractivity contribution in [3.05, 3.63) is 47.7 Å². The number of hydrogen-bond acceptors (Lipinski definition) is 4. The van der Waals surface area contributed by atoms with E-state index in [0.717, 1.165) is 30.5 Å². The van der Waals surface area contributed by atoms with Gasteiger partial charge in [-0.1, -0.05) is 18.2 Å². The molecule has 126 valence electrons. The molecule has 2 aromatic rings. The summed E-state index contributed by atoms with van der Waals surface area (Å²) in [6.45, 7) is 1.97. The molecule has 0 saturated heterocycles. The molecule has 4 rings (SSSR count). The van der Waals surface area contributed by atoms with Crippen LogP contribution in [0.5, 0.6) is 0 Å². The van der Waals surface area contributed by atoms with Crippen molar-refractivity contribution in [2.75, 3.05) is 4.90 Å². The van der Waals surface area contributed by atoms with Crippen LogP contribution in [0.1, 0.15) is 35.9 Å². The van der Waals surface area contributed by atoms with Crippen molar-refractivity contribution < 1.29 is 17.6 Å².